The van der Waals surface area contributed by atoms with E-state index in [0.29, 0.717) is 17.6 Å². The minimum atomic E-state index is 0.558. The van der Waals surface area contributed by atoms with E-state index in [1.165, 1.54) is 30.9 Å². The van der Waals surface area contributed by atoms with Crippen LogP contribution in [-0.4, -0.2) is 28.7 Å². The average molecular weight is 835 g/mol. The van der Waals surface area contributed by atoms with Crippen LogP contribution in [0.5, 0.6) is 0 Å². The van der Waals surface area contributed by atoms with Gasteiger partial charge in [-0.05, 0) is 66.7 Å². The highest BCUT2D eigenvalue weighted by Crippen LogP contribution is 2.47. The molecule has 0 bridgehead atoms. The lowest BCUT2D eigenvalue weighted by Gasteiger charge is -2.15. The first kappa shape index (κ1) is 35.2. The number of nitrogens with zero attached hydrogens (tertiary/aromatic N) is 6. The van der Waals surface area contributed by atoms with E-state index in [2.05, 4.69) is 202 Å². The highest BCUT2D eigenvalue weighted by molar-refractivity contribution is 7.25. The molecule has 0 spiro atoms. The smallest absolute Gasteiger partial charge is 0.238 e. The summed E-state index contributed by atoms with van der Waals surface area (Å²) in [4.78, 5) is 16.2. The molecule has 14 aromatic rings. The lowest BCUT2D eigenvalue weighted by Crippen LogP contribution is -2.07. The fourth-order valence-electron chi connectivity index (χ4n) is 10.2. The van der Waals surface area contributed by atoms with Crippen LogP contribution in [0, 0.1) is 0 Å². The third-order valence-electron chi connectivity index (χ3n) is 12.9. The molecular weight excluding hydrogens is 801 g/mol. The molecule has 5 aromatic heterocycles. The summed E-state index contributed by atoms with van der Waals surface area (Å²) in [6.07, 6.45) is 0. The van der Waals surface area contributed by atoms with Crippen molar-refractivity contribution >= 4 is 96.9 Å². The van der Waals surface area contributed by atoms with Crippen molar-refractivity contribution in [3.05, 3.63) is 206 Å². The van der Waals surface area contributed by atoms with Gasteiger partial charge in [-0.3, -0.25) is 4.57 Å². The van der Waals surface area contributed by atoms with Crippen molar-refractivity contribution < 1.29 is 0 Å². The van der Waals surface area contributed by atoms with Gasteiger partial charge in [-0.15, -0.1) is 11.3 Å². The number of rotatable bonds is 5. The topological polar surface area (TPSA) is 53.5 Å². The summed E-state index contributed by atoms with van der Waals surface area (Å²) in [6.45, 7) is 0. The summed E-state index contributed by atoms with van der Waals surface area (Å²) >= 11 is 1.81. The number of thiophene rings is 1. The van der Waals surface area contributed by atoms with Gasteiger partial charge in [-0.2, -0.15) is 9.97 Å². The number of hydrogen-bond acceptors (Lipinski definition) is 4. The Morgan fingerprint density at radius 3 is 1.53 bits per heavy atom. The molecule has 0 radical (unpaired) electrons. The van der Waals surface area contributed by atoms with Crippen molar-refractivity contribution in [1.29, 1.82) is 0 Å². The molecule has 0 aliphatic rings. The van der Waals surface area contributed by atoms with Crippen LogP contribution in [0.1, 0.15) is 0 Å². The Labute approximate surface area is 370 Å². The van der Waals surface area contributed by atoms with Crippen LogP contribution < -0.4 is 0 Å². The van der Waals surface area contributed by atoms with E-state index in [9.17, 15) is 0 Å². The van der Waals surface area contributed by atoms with Crippen molar-refractivity contribution in [3.8, 4) is 40.1 Å². The van der Waals surface area contributed by atoms with Crippen molar-refractivity contribution in [2.45, 2.75) is 0 Å². The average Bonchev–Trinajstić information content (AvgIpc) is 4.10. The highest BCUT2D eigenvalue weighted by Gasteiger charge is 2.27. The molecule has 7 heteroatoms. The Hall–Kier alpha value is -8.39. The second-order valence-corrected chi connectivity index (χ2v) is 17.5. The molecule has 298 valence electrons. The molecular formula is C57H34N6S. The van der Waals surface area contributed by atoms with Gasteiger partial charge in [0.05, 0.1) is 38.8 Å². The van der Waals surface area contributed by atoms with E-state index in [4.69, 9.17) is 15.0 Å². The fraction of sp³-hybridized carbons (Fsp3) is 0. The van der Waals surface area contributed by atoms with Crippen LogP contribution in [0.15, 0.2) is 206 Å². The van der Waals surface area contributed by atoms with Gasteiger partial charge in [0.25, 0.3) is 0 Å². The monoisotopic (exact) mass is 834 g/mol. The van der Waals surface area contributed by atoms with E-state index in [0.717, 1.165) is 77.1 Å². The first-order valence-corrected chi connectivity index (χ1v) is 22.4. The quantitative estimate of drug-likeness (QED) is 0.174. The minimum absolute atomic E-state index is 0.558. The van der Waals surface area contributed by atoms with Crippen molar-refractivity contribution in [2.24, 2.45) is 0 Å². The maximum atomic E-state index is 5.52. The van der Waals surface area contributed by atoms with Gasteiger partial charge in [-0.25, -0.2) is 4.98 Å². The highest BCUT2D eigenvalue weighted by atomic mass is 32.1. The van der Waals surface area contributed by atoms with Crippen molar-refractivity contribution in [1.82, 2.24) is 28.7 Å². The molecule has 64 heavy (non-hydrogen) atoms. The Bertz CT molecular complexity index is 4140. The number of fused-ring (bicyclic) bond motifs is 13. The predicted molar refractivity (Wildman–Crippen MR) is 267 cm³/mol. The SMILES string of the molecule is c1ccc(-c2nc(-c3ccc4sc5ccccc5c4c3)nc(-n3c4ccccc4c4c(-n5c6ccccc6c6ccccc65)cc5c(c6ccccc6n5-c5ccccc5)c43)n2)cc1. The Morgan fingerprint density at radius 2 is 0.844 bits per heavy atom. The first-order chi connectivity index (χ1) is 31.8. The van der Waals surface area contributed by atoms with Crippen molar-refractivity contribution in [2.75, 3.05) is 0 Å². The van der Waals surface area contributed by atoms with Gasteiger partial charge in [0.2, 0.25) is 5.95 Å². The largest absolute Gasteiger partial charge is 0.309 e. The fourth-order valence-corrected chi connectivity index (χ4v) is 11.3. The predicted octanol–water partition coefficient (Wildman–Crippen LogP) is 14.9. The Kier molecular flexibility index (Phi) is 7.46. The zero-order chi connectivity index (χ0) is 41.9. The maximum Gasteiger partial charge on any atom is 0.238 e. The Balaban J connectivity index is 1.18. The molecule has 14 rings (SSSR count). The molecule has 0 aliphatic heterocycles. The van der Waals surface area contributed by atoms with Crippen LogP contribution in [-0.2, 0) is 0 Å². The lowest BCUT2D eigenvalue weighted by molar-refractivity contribution is 0.955. The summed E-state index contributed by atoms with van der Waals surface area (Å²) in [5, 5.41) is 9.37. The lowest BCUT2D eigenvalue weighted by atomic mass is 10.0. The molecule has 9 aromatic carbocycles. The summed E-state index contributed by atoms with van der Waals surface area (Å²) in [6, 6.07) is 73.7. The second kappa shape index (κ2) is 13.6. The molecule has 5 heterocycles. The minimum Gasteiger partial charge on any atom is -0.309 e. The molecule has 6 nitrogen and oxygen atoms in total. The van der Waals surface area contributed by atoms with E-state index < -0.39 is 0 Å². The third-order valence-corrected chi connectivity index (χ3v) is 14.0. The van der Waals surface area contributed by atoms with Crippen LogP contribution in [0.4, 0.5) is 0 Å². The molecule has 0 saturated carbocycles. The molecule has 0 saturated heterocycles. The maximum absolute atomic E-state index is 5.52. The van der Waals surface area contributed by atoms with Gasteiger partial charge < -0.3 is 9.13 Å². The zero-order valence-corrected chi connectivity index (χ0v) is 35.0. The Morgan fingerprint density at radius 1 is 0.328 bits per heavy atom. The van der Waals surface area contributed by atoms with Crippen LogP contribution >= 0.6 is 11.3 Å². The molecule has 0 aliphatic carbocycles. The van der Waals surface area contributed by atoms with Crippen LogP contribution in [0.2, 0.25) is 0 Å². The molecule has 0 N–H and O–H groups in total. The molecule has 0 unspecified atom stereocenters. The van der Waals surface area contributed by atoms with Gasteiger partial charge in [0.15, 0.2) is 11.6 Å². The van der Waals surface area contributed by atoms with Gasteiger partial charge >= 0.3 is 0 Å². The zero-order valence-electron chi connectivity index (χ0n) is 34.2. The van der Waals surface area contributed by atoms with E-state index in [1.807, 2.05) is 29.5 Å². The number of hydrogen-bond donors (Lipinski definition) is 0. The number of para-hydroxylation sites is 5. The van der Waals surface area contributed by atoms with E-state index in [1.54, 1.807) is 0 Å². The summed E-state index contributed by atoms with van der Waals surface area (Å²) in [7, 11) is 0. The number of benzene rings is 9. The van der Waals surface area contributed by atoms with Gasteiger partial charge in [-0.1, -0.05) is 140 Å². The molecule has 0 fully saturated rings. The normalized spacial score (nSPS) is 12.1. The number of aromatic nitrogens is 6. The van der Waals surface area contributed by atoms with Gasteiger partial charge in [0.1, 0.15) is 0 Å². The van der Waals surface area contributed by atoms with E-state index >= 15 is 0 Å². The van der Waals surface area contributed by atoms with Gasteiger partial charge in [0, 0.05) is 69.3 Å². The van der Waals surface area contributed by atoms with E-state index in [-0.39, 0.29) is 0 Å². The summed E-state index contributed by atoms with van der Waals surface area (Å²) in [5.41, 5.74) is 10.6. The third kappa shape index (κ3) is 5.04. The summed E-state index contributed by atoms with van der Waals surface area (Å²) < 4.78 is 9.68. The van der Waals surface area contributed by atoms with Crippen LogP contribution in [0.3, 0.4) is 0 Å². The van der Waals surface area contributed by atoms with Crippen LogP contribution in [0.25, 0.3) is 126 Å². The molecule has 0 amide bonds. The second-order valence-electron chi connectivity index (χ2n) is 16.4. The standard InChI is InChI=1S/C57H34N6S/c1-3-17-35(18-4-1)55-58-56(36-31-32-51-43(33-36)40-23-11-16-30-50(40)64-51)60-57(59-55)63-47-29-15-10-25-42(47)53-49(62-44-26-12-7-21-38(44)39-22-8-13-27-45(39)62)34-48-52(54(53)63)41-24-9-14-28-46(41)61(48)37-19-5-2-6-20-37/h1-34H. The summed E-state index contributed by atoms with van der Waals surface area (Å²) in [5.74, 6) is 1.79. The first-order valence-electron chi connectivity index (χ1n) is 21.5. The molecule has 0 atom stereocenters. The van der Waals surface area contributed by atoms with Crippen molar-refractivity contribution in [3.63, 3.8) is 0 Å².